The van der Waals surface area contributed by atoms with Crippen molar-refractivity contribution in [3.8, 4) is 0 Å². The number of amides is 1. The molecule has 0 bridgehead atoms. The van der Waals surface area contributed by atoms with Gasteiger partial charge in [0, 0.05) is 19.7 Å². The number of nitrogens with zero attached hydrogens (tertiary/aromatic N) is 1. The third-order valence-electron chi connectivity index (χ3n) is 5.52. The molecule has 2 fully saturated rings. The number of likely N-dealkylation sites (tertiary alicyclic amines) is 1. The van der Waals surface area contributed by atoms with E-state index in [1.54, 1.807) is 6.07 Å². The molecule has 7 heteroatoms. The van der Waals surface area contributed by atoms with E-state index in [9.17, 15) is 4.79 Å². The van der Waals surface area contributed by atoms with Gasteiger partial charge in [-0.2, -0.15) is 0 Å². The highest BCUT2D eigenvalue weighted by Gasteiger charge is 2.48. The molecule has 0 spiro atoms. The van der Waals surface area contributed by atoms with E-state index in [2.05, 4.69) is 0 Å². The summed E-state index contributed by atoms with van der Waals surface area (Å²) in [7, 11) is 0. The number of carbonyl (C=O) groups excluding carboxylic acids is 1. The lowest BCUT2D eigenvalue weighted by Gasteiger charge is -2.45. The van der Waals surface area contributed by atoms with Crippen LogP contribution < -0.4 is 5.73 Å². The van der Waals surface area contributed by atoms with Crippen LogP contribution in [0, 0.1) is 0 Å². The minimum absolute atomic E-state index is 0. The molecular formula is C19H27Cl3N2O2. The van der Waals surface area contributed by atoms with Crippen molar-refractivity contribution in [1.82, 2.24) is 4.90 Å². The van der Waals surface area contributed by atoms with E-state index in [-0.39, 0.29) is 24.4 Å². The summed E-state index contributed by atoms with van der Waals surface area (Å²) in [6.07, 6.45) is 5.78. The quantitative estimate of drug-likeness (QED) is 0.701. The van der Waals surface area contributed by atoms with Gasteiger partial charge in [0.05, 0.1) is 21.6 Å². The summed E-state index contributed by atoms with van der Waals surface area (Å²) in [6.45, 7) is 2.89. The van der Waals surface area contributed by atoms with Gasteiger partial charge in [-0.15, -0.1) is 12.4 Å². The molecular weight excluding hydrogens is 395 g/mol. The van der Waals surface area contributed by atoms with Gasteiger partial charge in [-0.1, -0.05) is 35.7 Å². The monoisotopic (exact) mass is 420 g/mol. The molecule has 1 amide bonds. The Balaban J connectivity index is 0.00000243. The highest BCUT2D eigenvalue weighted by Crippen LogP contribution is 2.46. The second-order valence-corrected chi connectivity index (χ2v) is 7.88. The van der Waals surface area contributed by atoms with Crippen molar-refractivity contribution in [3.05, 3.63) is 33.8 Å². The van der Waals surface area contributed by atoms with Gasteiger partial charge in [-0.25, -0.2) is 0 Å². The molecule has 1 aliphatic carbocycles. The van der Waals surface area contributed by atoms with E-state index >= 15 is 0 Å². The molecule has 26 heavy (non-hydrogen) atoms. The number of hydrogen-bond donors (Lipinski definition) is 1. The summed E-state index contributed by atoms with van der Waals surface area (Å²) >= 11 is 12.2. The maximum absolute atomic E-state index is 13.3. The number of hydrogen-bond acceptors (Lipinski definition) is 3. The van der Waals surface area contributed by atoms with Crippen LogP contribution in [0.25, 0.3) is 0 Å². The fraction of sp³-hybridized carbons (Fsp3) is 0.632. The average molecular weight is 422 g/mol. The van der Waals surface area contributed by atoms with Crippen molar-refractivity contribution < 1.29 is 9.53 Å². The van der Waals surface area contributed by atoms with Gasteiger partial charge in [-0.05, 0) is 56.3 Å². The third kappa shape index (κ3) is 4.48. The fourth-order valence-corrected chi connectivity index (χ4v) is 4.11. The first-order valence-electron chi connectivity index (χ1n) is 9.13. The summed E-state index contributed by atoms with van der Waals surface area (Å²) in [5.74, 6) is 0.234. The molecule has 3 rings (SSSR count). The predicted octanol–water partition coefficient (Wildman–Crippen LogP) is 4.19. The number of carbonyl (C=O) groups is 1. The molecule has 0 atom stereocenters. The Morgan fingerprint density at radius 1 is 1.23 bits per heavy atom. The summed E-state index contributed by atoms with van der Waals surface area (Å²) in [6, 6.07) is 5.61. The largest absolute Gasteiger partial charge is 0.378 e. The standard InChI is InChI=1S/C19H26Cl2N2O2.ClH/c20-16-4-3-14(13-17(16)21)19(7-1-8-19)18(24)23-10-5-15(6-11-23)25-12-2-9-22;/h3-4,13,15H,1-2,5-12,22H2;1H. The number of rotatable bonds is 6. The normalized spacial score (nSPS) is 19.6. The van der Waals surface area contributed by atoms with Crippen molar-refractivity contribution in [1.29, 1.82) is 0 Å². The molecule has 0 unspecified atom stereocenters. The zero-order valence-corrected chi connectivity index (χ0v) is 17.2. The molecule has 1 aliphatic heterocycles. The summed E-state index contributed by atoms with van der Waals surface area (Å²) in [5.41, 5.74) is 6.08. The van der Waals surface area contributed by atoms with Gasteiger partial charge in [0.2, 0.25) is 5.91 Å². The third-order valence-corrected chi connectivity index (χ3v) is 6.26. The topological polar surface area (TPSA) is 55.6 Å². The van der Waals surface area contributed by atoms with E-state index in [1.807, 2.05) is 17.0 Å². The zero-order valence-electron chi connectivity index (χ0n) is 14.9. The Kier molecular flexibility index (Phi) is 8.05. The number of halogens is 3. The number of ether oxygens (including phenoxy) is 1. The molecule has 1 heterocycles. The van der Waals surface area contributed by atoms with Crippen LogP contribution >= 0.6 is 35.6 Å². The van der Waals surface area contributed by atoms with Gasteiger partial charge >= 0.3 is 0 Å². The van der Waals surface area contributed by atoms with E-state index < -0.39 is 5.41 Å². The molecule has 2 N–H and O–H groups in total. The van der Waals surface area contributed by atoms with Crippen molar-refractivity contribution in [2.24, 2.45) is 5.73 Å². The molecule has 1 aromatic rings. The van der Waals surface area contributed by atoms with E-state index in [4.69, 9.17) is 33.7 Å². The van der Waals surface area contributed by atoms with E-state index in [0.29, 0.717) is 23.2 Å². The Morgan fingerprint density at radius 3 is 2.46 bits per heavy atom. The van der Waals surface area contributed by atoms with Gasteiger partial charge in [0.25, 0.3) is 0 Å². The molecule has 1 saturated heterocycles. The van der Waals surface area contributed by atoms with Gasteiger partial charge in [0.1, 0.15) is 0 Å². The van der Waals surface area contributed by atoms with Crippen LogP contribution in [0.4, 0.5) is 0 Å². The smallest absolute Gasteiger partial charge is 0.233 e. The van der Waals surface area contributed by atoms with Gasteiger partial charge < -0.3 is 15.4 Å². The lowest BCUT2D eigenvalue weighted by Crippen LogP contribution is -2.53. The van der Waals surface area contributed by atoms with Crippen LogP contribution in [0.2, 0.25) is 10.0 Å². The molecule has 2 aliphatic rings. The van der Waals surface area contributed by atoms with Crippen molar-refractivity contribution in [2.75, 3.05) is 26.2 Å². The van der Waals surface area contributed by atoms with E-state index in [1.165, 1.54) is 0 Å². The van der Waals surface area contributed by atoms with Crippen LogP contribution in [0.15, 0.2) is 18.2 Å². The van der Waals surface area contributed by atoms with Crippen molar-refractivity contribution in [3.63, 3.8) is 0 Å². The maximum atomic E-state index is 13.3. The highest BCUT2D eigenvalue weighted by molar-refractivity contribution is 6.42. The Labute approximate surface area is 171 Å². The minimum Gasteiger partial charge on any atom is -0.378 e. The molecule has 146 valence electrons. The Morgan fingerprint density at radius 2 is 1.92 bits per heavy atom. The van der Waals surface area contributed by atoms with Crippen LogP contribution in [-0.2, 0) is 14.9 Å². The minimum atomic E-state index is -0.415. The van der Waals surface area contributed by atoms with Crippen LogP contribution in [-0.4, -0.2) is 43.2 Å². The zero-order chi connectivity index (χ0) is 17.9. The SMILES string of the molecule is Cl.NCCCOC1CCN(C(=O)C2(c3ccc(Cl)c(Cl)c3)CCC2)CC1. The van der Waals surface area contributed by atoms with Crippen LogP contribution in [0.5, 0.6) is 0 Å². The second kappa shape index (κ2) is 9.61. The van der Waals surface area contributed by atoms with Gasteiger partial charge in [0.15, 0.2) is 0 Å². The fourth-order valence-electron chi connectivity index (χ4n) is 3.81. The highest BCUT2D eigenvalue weighted by atomic mass is 35.5. The summed E-state index contributed by atoms with van der Waals surface area (Å²) in [5, 5.41) is 1.05. The van der Waals surface area contributed by atoms with Crippen molar-refractivity contribution in [2.45, 2.75) is 50.0 Å². The second-order valence-electron chi connectivity index (χ2n) is 7.07. The molecule has 0 aromatic heterocycles. The first-order valence-corrected chi connectivity index (χ1v) is 9.89. The lowest BCUT2D eigenvalue weighted by atomic mass is 9.63. The molecule has 1 aromatic carbocycles. The number of piperidine rings is 1. The number of nitrogens with two attached hydrogens (primary N) is 1. The molecule has 1 saturated carbocycles. The average Bonchev–Trinajstić information content (AvgIpc) is 2.58. The molecule has 0 radical (unpaired) electrons. The lowest BCUT2D eigenvalue weighted by molar-refractivity contribution is -0.143. The predicted molar refractivity (Wildman–Crippen MR) is 108 cm³/mol. The van der Waals surface area contributed by atoms with Crippen molar-refractivity contribution >= 4 is 41.5 Å². The Bertz CT molecular complexity index is 615. The van der Waals surface area contributed by atoms with E-state index in [0.717, 1.165) is 57.2 Å². The number of benzene rings is 1. The van der Waals surface area contributed by atoms with Gasteiger partial charge in [-0.3, -0.25) is 4.79 Å². The summed E-state index contributed by atoms with van der Waals surface area (Å²) < 4.78 is 5.84. The van der Waals surface area contributed by atoms with Crippen LogP contribution in [0.1, 0.15) is 44.1 Å². The first kappa shape index (κ1) is 21.8. The summed E-state index contributed by atoms with van der Waals surface area (Å²) in [4.78, 5) is 15.3. The van der Waals surface area contributed by atoms with Crippen LogP contribution in [0.3, 0.4) is 0 Å². The maximum Gasteiger partial charge on any atom is 0.233 e. The molecule has 4 nitrogen and oxygen atoms in total. The Hall–Kier alpha value is -0.520. The first-order chi connectivity index (χ1) is 12.1.